The van der Waals surface area contributed by atoms with Crippen LogP contribution in [0.1, 0.15) is 25.3 Å². The van der Waals surface area contributed by atoms with Crippen molar-refractivity contribution in [3.8, 4) is 0 Å². The van der Waals surface area contributed by atoms with Gasteiger partial charge in [0.05, 0.1) is 6.61 Å². The Kier molecular flexibility index (Phi) is 4.36. The summed E-state index contributed by atoms with van der Waals surface area (Å²) < 4.78 is 5.23. The molecule has 2 N–H and O–H groups in total. The lowest BCUT2D eigenvalue weighted by molar-refractivity contribution is 0.161. The molecule has 1 aliphatic heterocycles. The van der Waals surface area contributed by atoms with Gasteiger partial charge in [-0.1, -0.05) is 13.3 Å². The summed E-state index contributed by atoms with van der Waals surface area (Å²) in [6, 6.07) is 0. The van der Waals surface area contributed by atoms with Crippen LogP contribution in [0.15, 0.2) is 6.33 Å². The maximum atomic E-state index is 5.97. The summed E-state index contributed by atoms with van der Waals surface area (Å²) >= 11 is 0. The zero-order chi connectivity index (χ0) is 13.0. The van der Waals surface area contributed by atoms with Crippen LogP contribution in [0, 0.1) is 5.92 Å². The number of nitrogen functional groups attached to an aromatic ring is 1. The largest absolute Gasteiger partial charge is 0.384 e. The lowest BCUT2D eigenvalue weighted by Crippen LogP contribution is -2.24. The summed E-state index contributed by atoms with van der Waals surface area (Å²) in [7, 11) is 1.76. The third kappa shape index (κ3) is 2.72. The molecular formula is C13H22N4O. The highest BCUT2D eigenvalue weighted by Crippen LogP contribution is 2.28. The molecule has 18 heavy (non-hydrogen) atoms. The summed E-state index contributed by atoms with van der Waals surface area (Å²) in [5, 5.41) is 0. The van der Waals surface area contributed by atoms with Crippen LogP contribution in [0.2, 0.25) is 0 Å². The van der Waals surface area contributed by atoms with Crippen molar-refractivity contribution in [3.05, 3.63) is 11.9 Å². The Hall–Kier alpha value is -1.36. The predicted molar refractivity (Wildman–Crippen MR) is 72.6 cm³/mol. The van der Waals surface area contributed by atoms with Gasteiger partial charge in [-0.25, -0.2) is 9.97 Å². The first-order chi connectivity index (χ1) is 8.76. The van der Waals surface area contributed by atoms with Crippen LogP contribution in [0.5, 0.6) is 0 Å². The molecule has 1 aromatic heterocycles. The second-order valence-electron chi connectivity index (χ2n) is 4.87. The zero-order valence-corrected chi connectivity index (χ0v) is 11.2. The molecule has 1 fully saturated rings. The average Bonchev–Trinajstić information content (AvgIpc) is 2.81. The van der Waals surface area contributed by atoms with Crippen molar-refractivity contribution < 1.29 is 4.74 Å². The number of rotatable bonds is 5. The average molecular weight is 250 g/mol. The van der Waals surface area contributed by atoms with E-state index in [0.717, 1.165) is 50.3 Å². The molecule has 1 saturated heterocycles. The quantitative estimate of drug-likeness (QED) is 0.857. The van der Waals surface area contributed by atoms with E-state index in [4.69, 9.17) is 10.5 Å². The molecule has 0 aliphatic carbocycles. The standard InChI is InChI=1S/C13H22N4O/c1-3-4-11-12(14)15-9-16-13(11)17-6-5-10(7-17)8-18-2/h9-10H,3-8H2,1-2H3,(H2,14,15,16). The van der Waals surface area contributed by atoms with Crippen LogP contribution in [0.25, 0.3) is 0 Å². The number of hydrogen-bond acceptors (Lipinski definition) is 5. The predicted octanol–water partition coefficient (Wildman–Crippen LogP) is 1.48. The Morgan fingerprint density at radius 3 is 3.06 bits per heavy atom. The third-order valence-electron chi connectivity index (χ3n) is 3.44. The summed E-state index contributed by atoms with van der Waals surface area (Å²) in [6.45, 7) is 5.00. The van der Waals surface area contributed by atoms with Crippen LogP contribution in [0.4, 0.5) is 11.6 Å². The highest BCUT2D eigenvalue weighted by Gasteiger charge is 2.25. The van der Waals surface area contributed by atoms with Crippen LogP contribution in [-0.4, -0.2) is 36.8 Å². The minimum atomic E-state index is 0.598. The molecule has 5 heteroatoms. The number of ether oxygens (including phenoxy) is 1. The molecule has 1 aliphatic rings. The number of nitrogens with two attached hydrogens (primary N) is 1. The maximum Gasteiger partial charge on any atom is 0.137 e. The van der Waals surface area contributed by atoms with Gasteiger partial charge in [-0.15, -0.1) is 0 Å². The Morgan fingerprint density at radius 1 is 1.50 bits per heavy atom. The number of nitrogens with zero attached hydrogens (tertiary/aromatic N) is 3. The lowest BCUT2D eigenvalue weighted by Gasteiger charge is -2.21. The van der Waals surface area contributed by atoms with E-state index in [1.165, 1.54) is 0 Å². The van der Waals surface area contributed by atoms with E-state index in [2.05, 4.69) is 21.8 Å². The van der Waals surface area contributed by atoms with Crippen molar-refractivity contribution in [1.82, 2.24) is 9.97 Å². The van der Waals surface area contributed by atoms with Crippen LogP contribution in [-0.2, 0) is 11.2 Å². The second-order valence-corrected chi connectivity index (χ2v) is 4.87. The highest BCUT2D eigenvalue weighted by molar-refractivity contribution is 5.57. The Bertz CT molecular complexity index is 397. The summed E-state index contributed by atoms with van der Waals surface area (Å²) in [4.78, 5) is 10.8. The van der Waals surface area contributed by atoms with Crippen molar-refractivity contribution in [1.29, 1.82) is 0 Å². The number of methoxy groups -OCH3 is 1. The van der Waals surface area contributed by atoms with Gasteiger partial charge in [0.15, 0.2) is 0 Å². The van der Waals surface area contributed by atoms with E-state index in [9.17, 15) is 0 Å². The molecule has 0 radical (unpaired) electrons. The van der Waals surface area contributed by atoms with Crippen molar-refractivity contribution >= 4 is 11.6 Å². The van der Waals surface area contributed by atoms with E-state index in [1.807, 2.05) is 0 Å². The van der Waals surface area contributed by atoms with E-state index in [0.29, 0.717) is 11.7 Å². The maximum absolute atomic E-state index is 5.97. The van der Waals surface area contributed by atoms with Crippen LogP contribution in [0.3, 0.4) is 0 Å². The van der Waals surface area contributed by atoms with Gasteiger partial charge in [0.1, 0.15) is 18.0 Å². The molecule has 0 spiro atoms. The second kappa shape index (κ2) is 6.00. The van der Waals surface area contributed by atoms with E-state index >= 15 is 0 Å². The van der Waals surface area contributed by atoms with E-state index in [1.54, 1.807) is 13.4 Å². The molecule has 0 amide bonds. The van der Waals surface area contributed by atoms with Crippen molar-refractivity contribution in [2.45, 2.75) is 26.2 Å². The topological polar surface area (TPSA) is 64.3 Å². The first-order valence-corrected chi connectivity index (χ1v) is 6.59. The smallest absolute Gasteiger partial charge is 0.137 e. The Balaban J connectivity index is 2.16. The monoisotopic (exact) mass is 250 g/mol. The molecule has 0 aromatic carbocycles. The molecular weight excluding hydrogens is 228 g/mol. The minimum Gasteiger partial charge on any atom is -0.384 e. The normalized spacial score (nSPS) is 19.4. The lowest BCUT2D eigenvalue weighted by atomic mass is 10.1. The van der Waals surface area contributed by atoms with Gasteiger partial charge < -0.3 is 15.4 Å². The summed E-state index contributed by atoms with van der Waals surface area (Å²) in [6.07, 6.45) is 4.71. The van der Waals surface area contributed by atoms with Gasteiger partial charge in [0.2, 0.25) is 0 Å². The van der Waals surface area contributed by atoms with Crippen LogP contribution < -0.4 is 10.6 Å². The molecule has 0 saturated carbocycles. The Morgan fingerprint density at radius 2 is 2.33 bits per heavy atom. The molecule has 2 heterocycles. The summed E-state index contributed by atoms with van der Waals surface area (Å²) in [5.74, 6) is 2.24. The molecule has 100 valence electrons. The van der Waals surface area contributed by atoms with E-state index in [-0.39, 0.29) is 0 Å². The van der Waals surface area contributed by atoms with Gasteiger partial charge in [-0.3, -0.25) is 0 Å². The minimum absolute atomic E-state index is 0.598. The fraction of sp³-hybridized carbons (Fsp3) is 0.692. The van der Waals surface area contributed by atoms with Gasteiger partial charge in [-0.05, 0) is 12.8 Å². The van der Waals surface area contributed by atoms with E-state index < -0.39 is 0 Å². The first kappa shape index (κ1) is 13.1. The van der Waals surface area contributed by atoms with Gasteiger partial charge in [-0.2, -0.15) is 0 Å². The fourth-order valence-corrected chi connectivity index (χ4v) is 2.58. The fourth-order valence-electron chi connectivity index (χ4n) is 2.58. The SMILES string of the molecule is CCCc1c(N)ncnc1N1CCC(COC)C1. The van der Waals surface area contributed by atoms with Crippen LogP contribution >= 0.6 is 0 Å². The number of aromatic nitrogens is 2. The van der Waals surface area contributed by atoms with Gasteiger partial charge >= 0.3 is 0 Å². The molecule has 1 aromatic rings. The molecule has 0 bridgehead atoms. The van der Waals surface area contributed by atoms with Crippen molar-refractivity contribution in [2.75, 3.05) is 37.4 Å². The third-order valence-corrected chi connectivity index (χ3v) is 3.44. The number of anilines is 2. The van der Waals surface area contributed by atoms with Gasteiger partial charge in [0.25, 0.3) is 0 Å². The Labute approximate surface area is 108 Å². The molecule has 2 rings (SSSR count). The van der Waals surface area contributed by atoms with Gasteiger partial charge in [0, 0.05) is 31.7 Å². The highest BCUT2D eigenvalue weighted by atomic mass is 16.5. The van der Waals surface area contributed by atoms with Crippen molar-refractivity contribution in [2.24, 2.45) is 5.92 Å². The molecule has 1 unspecified atom stereocenters. The first-order valence-electron chi connectivity index (χ1n) is 6.59. The summed E-state index contributed by atoms with van der Waals surface area (Å²) in [5.41, 5.74) is 7.06. The molecule has 1 atom stereocenters. The number of hydrogen-bond donors (Lipinski definition) is 1. The molecule has 5 nitrogen and oxygen atoms in total. The zero-order valence-electron chi connectivity index (χ0n) is 11.2. The van der Waals surface area contributed by atoms with Crippen molar-refractivity contribution in [3.63, 3.8) is 0 Å².